The summed E-state index contributed by atoms with van der Waals surface area (Å²) in [6.45, 7) is 0. The summed E-state index contributed by atoms with van der Waals surface area (Å²) in [5.74, 6) is 0.270. The Bertz CT molecular complexity index is 504. The van der Waals surface area contributed by atoms with Crippen LogP contribution in [0.5, 0.6) is 0 Å². The lowest BCUT2D eigenvalue weighted by molar-refractivity contribution is 0.587. The average molecular weight is 281 g/mol. The number of nitrogens with zero attached hydrogens (tertiary/aromatic N) is 2. The molecular weight excluding hydrogens is 271 g/mol. The molecule has 2 heterocycles. The molecule has 1 aliphatic heterocycles. The third-order valence-corrected chi connectivity index (χ3v) is 5.60. The van der Waals surface area contributed by atoms with Gasteiger partial charge in [0.15, 0.2) is 15.0 Å². The minimum atomic E-state index is -2.95. The molecule has 1 saturated heterocycles. The maximum Gasteiger partial charge on any atom is 0.170 e. The molecule has 1 fully saturated rings. The molecule has 0 N–H and O–H groups in total. The van der Waals surface area contributed by atoms with E-state index < -0.39 is 9.84 Å². The van der Waals surface area contributed by atoms with Gasteiger partial charge < -0.3 is 0 Å². The van der Waals surface area contributed by atoms with Crippen LogP contribution in [0.4, 0.5) is 0 Å². The Morgan fingerprint density at radius 2 is 2.12 bits per heavy atom. The predicted octanol–water partition coefficient (Wildman–Crippen LogP) is 1.90. The Kier molecular flexibility index (Phi) is 3.37. The van der Waals surface area contributed by atoms with Crippen molar-refractivity contribution in [3.63, 3.8) is 0 Å². The first-order valence-corrected chi connectivity index (χ1v) is 7.35. The van der Waals surface area contributed by atoms with Crippen molar-refractivity contribution in [2.75, 3.05) is 5.75 Å². The van der Waals surface area contributed by atoms with Crippen LogP contribution in [0.3, 0.4) is 0 Å². The standard InChI is InChI=1S/C9H10Cl2N2O2S/c10-8-5-6(12-13-9(8)11)4-7-2-1-3-16(7,14)15/h5,7H,1-4H2. The van der Waals surface area contributed by atoms with Crippen LogP contribution in [0.25, 0.3) is 0 Å². The zero-order valence-electron chi connectivity index (χ0n) is 8.36. The van der Waals surface area contributed by atoms with Crippen molar-refractivity contribution in [2.24, 2.45) is 0 Å². The summed E-state index contributed by atoms with van der Waals surface area (Å²) in [5, 5.41) is 7.59. The maximum absolute atomic E-state index is 11.6. The Morgan fingerprint density at radius 3 is 2.69 bits per heavy atom. The molecule has 0 aromatic carbocycles. The largest absolute Gasteiger partial charge is 0.229 e. The van der Waals surface area contributed by atoms with Gasteiger partial charge in [-0.1, -0.05) is 23.2 Å². The maximum atomic E-state index is 11.6. The van der Waals surface area contributed by atoms with Gasteiger partial charge >= 0.3 is 0 Å². The van der Waals surface area contributed by atoms with Crippen molar-refractivity contribution >= 4 is 33.0 Å². The molecule has 0 radical (unpaired) electrons. The normalized spacial score (nSPS) is 23.5. The molecule has 0 bridgehead atoms. The zero-order chi connectivity index (χ0) is 11.8. The topological polar surface area (TPSA) is 59.9 Å². The Labute approximate surface area is 104 Å². The highest BCUT2D eigenvalue weighted by Gasteiger charge is 2.31. The molecular formula is C9H10Cl2N2O2S. The number of hydrogen-bond donors (Lipinski definition) is 0. The van der Waals surface area contributed by atoms with Gasteiger partial charge in [0.2, 0.25) is 0 Å². The van der Waals surface area contributed by atoms with Gasteiger partial charge in [-0.25, -0.2) is 8.42 Å². The van der Waals surface area contributed by atoms with E-state index >= 15 is 0 Å². The van der Waals surface area contributed by atoms with Gasteiger partial charge in [0.1, 0.15) is 0 Å². The fraction of sp³-hybridized carbons (Fsp3) is 0.556. The van der Waals surface area contributed by atoms with Crippen LogP contribution >= 0.6 is 23.2 Å². The minimum Gasteiger partial charge on any atom is -0.229 e. The summed E-state index contributed by atoms with van der Waals surface area (Å²) in [4.78, 5) is 0. The van der Waals surface area contributed by atoms with Gasteiger partial charge in [-0.3, -0.25) is 0 Å². The molecule has 2 rings (SSSR count). The number of rotatable bonds is 2. The molecule has 0 spiro atoms. The molecule has 88 valence electrons. The van der Waals surface area contributed by atoms with Crippen LogP contribution in [-0.2, 0) is 16.3 Å². The van der Waals surface area contributed by atoms with E-state index in [-0.39, 0.29) is 16.2 Å². The fourth-order valence-corrected chi connectivity index (χ4v) is 3.92. The Morgan fingerprint density at radius 1 is 1.38 bits per heavy atom. The molecule has 0 saturated carbocycles. The molecule has 1 aromatic heterocycles. The van der Waals surface area contributed by atoms with Crippen molar-refractivity contribution in [2.45, 2.75) is 24.5 Å². The molecule has 1 unspecified atom stereocenters. The van der Waals surface area contributed by atoms with Crippen LogP contribution in [0.2, 0.25) is 10.2 Å². The SMILES string of the molecule is O=S1(=O)CCCC1Cc1cc(Cl)c(Cl)nn1. The van der Waals surface area contributed by atoms with Crippen molar-refractivity contribution < 1.29 is 8.42 Å². The van der Waals surface area contributed by atoms with E-state index in [0.29, 0.717) is 23.6 Å². The van der Waals surface area contributed by atoms with Gasteiger partial charge in [0.25, 0.3) is 0 Å². The van der Waals surface area contributed by atoms with E-state index in [1.165, 1.54) is 0 Å². The zero-order valence-corrected chi connectivity index (χ0v) is 10.7. The summed E-state index contributed by atoms with van der Waals surface area (Å²) in [7, 11) is -2.95. The molecule has 1 aromatic rings. The summed E-state index contributed by atoms with van der Waals surface area (Å²) in [6.07, 6.45) is 1.78. The second-order valence-corrected chi connectivity index (χ2v) is 6.98. The Balaban J connectivity index is 2.18. The van der Waals surface area contributed by atoms with Crippen LogP contribution in [0.15, 0.2) is 6.07 Å². The lowest BCUT2D eigenvalue weighted by atomic mass is 10.1. The van der Waals surface area contributed by atoms with Gasteiger partial charge in [0, 0.05) is 6.42 Å². The monoisotopic (exact) mass is 280 g/mol. The lowest BCUT2D eigenvalue weighted by Crippen LogP contribution is -2.19. The third kappa shape index (κ3) is 2.47. The van der Waals surface area contributed by atoms with Gasteiger partial charge in [0.05, 0.1) is 21.7 Å². The van der Waals surface area contributed by atoms with E-state index in [1.54, 1.807) is 6.07 Å². The van der Waals surface area contributed by atoms with Gasteiger partial charge in [-0.15, -0.1) is 5.10 Å². The number of aromatic nitrogens is 2. The van der Waals surface area contributed by atoms with E-state index in [0.717, 1.165) is 6.42 Å². The highest BCUT2D eigenvalue weighted by molar-refractivity contribution is 7.92. The van der Waals surface area contributed by atoms with Crippen molar-refractivity contribution in [3.05, 3.63) is 21.9 Å². The smallest absolute Gasteiger partial charge is 0.170 e. The molecule has 7 heteroatoms. The summed E-state index contributed by atoms with van der Waals surface area (Å²) in [5.41, 5.74) is 0.574. The lowest BCUT2D eigenvalue weighted by Gasteiger charge is -2.08. The minimum absolute atomic E-state index is 0.139. The van der Waals surface area contributed by atoms with Crippen LogP contribution in [0, 0.1) is 0 Å². The highest BCUT2D eigenvalue weighted by Crippen LogP contribution is 2.25. The first-order valence-electron chi connectivity index (χ1n) is 4.88. The second kappa shape index (κ2) is 4.47. The Hall–Kier alpha value is -0.390. The predicted molar refractivity (Wildman–Crippen MR) is 62.6 cm³/mol. The van der Waals surface area contributed by atoms with Crippen LogP contribution < -0.4 is 0 Å². The highest BCUT2D eigenvalue weighted by atomic mass is 35.5. The van der Waals surface area contributed by atoms with E-state index in [9.17, 15) is 8.42 Å². The van der Waals surface area contributed by atoms with E-state index in [2.05, 4.69) is 10.2 Å². The molecule has 0 aliphatic carbocycles. The molecule has 0 amide bonds. The summed E-state index contributed by atoms with van der Waals surface area (Å²) in [6, 6.07) is 1.57. The number of sulfone groups is 1. The van der Waals surface area contributed by atoms with Crippen molar-refractivity contribution in [1.82, 2.24) is 10.2 Å². The van der Waals surface area contributed by atoms with E-state index in [4.69, 9.17) is 23.2 Å². The number of hydrogen-bond acceptors (Lipinski definition) is 4. The quantitative estimate of drug-likeness (QED) is 0.830. The molecule has 1 atom stereocenters. The third-order valence-electron chi connectivity index (χ3n) is 2.66. The van der Waals surface area contributed by atoms with Crippen LogP contribution in [0.1, 0.15) is 18.5 Å². The molecule has 1 aliphatic rings. The van der Waals surface area contributed by atoms with Gasteiger partial charge in [-0.05, 0) is 18.9 Å². The summed E-state index contributed by atoms with van der Waals surface area (Å²) < 4.78 is 23.2. The fourth-order valence-electron chi connectivity index (χ4n) is 1.81. The first kappa shape index (κ1) is 12.1. The average Bonchev–Trinajstić information content (AvgIpc) is 2.52. The van der Waals surface area contributed by atoms with Crippen molar-refractivity contribution in [3.8, 4) is 0 Å². The van der Waals surface area contributed by atoms with Crippen LogP contribution in [-0.4, -0.2) is 29.6 Å². The summed E-state index contributed by atoms with van der Waals surface area (Å²) >= 11 is 11.4. The second-order valence-electron chi connectivity index (χ2n) is 3.81. The van der Waals surface area contributed by atoms with E-state index in [1.807, 2.05) is 0 Å². The van der Waals surface area contributed by atoms with Crippen molar-refractivity contribution in [1.29, 1.82) is 0 Å². The first-order chi connectivity index (χ1) is 7.49. The molecule has 16 heavy (non-hydrogen) atoms. The van der Waals surface area contributed by atoms with Gasteiger partial charge in [-0.2, -0.15) is 5.10 Å². The number of halogens is 2. The molecule has 4 nitrogen and oxygen atoms in total.